The largest absolute Gasteiger partial charge is 0.455 e. The minimum absolute atomic E-state index is 0.168. The lowest BCUT2D eigenvalue weighted by Gasteiger charge is -2.61. The summed E-state index contributed by atoms with van der Waals surface area (Å²) in [4.78, 5) is 2.48. The predicted molar refractivity (Wildman–Crippen MR) is 215 cm³/mol. The van der Waals surface area contributed by atoms with Crippen molar-refractivity contribution in [1.82, 2.24) is 0 Å². The molecule has 0 N–H and O–H groups in total. The van der Waals surface area contributed by atoms with Gasteiger partial charge in [0.25, 0.3) is 0 Å². The molecule has 2 heteroatoms. The highest BCUT2D eigenvalue weighted by atomic mass is 16.3. The molecule has 52 heavy (non-hydrogen) atoms. The van der Waals surface area contributed by atoms with Gasteiger partial charge in [0, 0.05) is 38.5 Å². The summed E-state index contributed by atoms with van der Waals surface area (Å²) in [6.45, 7) is 0. The van der Waals surface area contributed by atoms with Crippen molar-refractivity contribution in [3.05, 3.63) is 163 Å². The van der Waals surface area contributed by atoms with E-state index < -0.39 is 0 Å². The van der Waals surface area contributed by atoms with Gasteiger partial charge in [-0.15, -0.1) is 0 Å². The van der Waals surface area contributed by atoms with Gasteiger partial charge < -0.3 is 9.32 Å². The molecule has 0 aliphatic heterocycles. The minimum atomic E-state index is 0.168. The van der Waals surface area contributed by atoms with Gasteiger partial charge in [0.1, 0.15) is 11.2 Å². The van der Waals surface area contributed by atoms with E-state index in [1.807, 2.05) is 6.07 Å². The highest BCUT2D eigenvalue weighted by molar-refractivity contribution is 6.09. The molecule has 4 bridgehead atoms. The molecule has 250 valence electrons. The summed E-state index contributed by atoms with van der Waals surface area (Å²) in [6, 6.07) is 56.4. The van der Waals surface area contributed by atoms with Crippen LogP contribution < -0.4 is 4.90 Å². The zero-order chi connectivity index (χ0) is 34.0. The van der Waals surface area contributed by atoms with Crippen molar-refractivity contribution in [2.75, 3.05) is 4.90 Å². The van der Waals surface area contributed by atoms with Crippen molar-refractivity contribution in [2.24, 2.45) is 23.7 Å². The highest BCUT2D eigenvalue weighted by Gasteiger charge is 2.61. The second-order valence-electron chi connectivity index (χ2n) is 16.1. The number of hydrogen-bond acceptors (Lipinski definition) is 2. The second kappa shape index (κ2) is 10.7. The van der Waals surface area contributed by atoms with Gasteiger partial charge in [0.2, 0.25) is 0 Å². The Bertz CT molecular complexity index is 2680. The van der Waals surface area contributed by atoms with Crippen LogP contribution in [0.15, 0.2) is 156 Å². The van der Waals surface area contributed by atoms with E-state index in [1.165, 1.54) is 65.4 Å². The Kier molecular flexibility index (Phi) is 5.98. The van der Waals surface area contributed by atoms with Crippen LogP contribution in [0.5, 0.6) is 0 Å². The molecule has 0 atom stereocenters. The molecule has 13 rings (SSSR count). The quantitative estimate of drug-likeness (QED) is 0.185. The van der Waals surface area contributed by atoms with Gasteiger partial charge in [-0.2, -0.15) is 0 Å². The van der Waals surface area contributed by atoms with Crippen molar-refractivity contribution in [3.8, 4) is 22.3 Å². The molecule has 2 nitrogen and oxygen atoms in total. The highest BCUT2D eigenvalue weighted by Crippen LogP contribution is 2.69. The number of rotatable bonds is 4. The third-order valence-electron chi connectivity index (χ3n) is 13.6. The van der Waals surface area contributed by atoms with Crippen molar-refractivity contribution in [3.63, 3.8) is 0 Å². The SMILES string of the molecule is c1ccc2c(c1)-c1cc(N(c3ccc(-c4cccc5c4oc4ccccc45)cc3)c3cccc4ccccc34)ccc1C21C2CC3CC(C2)CC1C3. The van der Waals surface area contributed by atoms with E-state index in [1.54, 1.807) is 11.1 Å². The smallest absolute Gasteiger partial charge is 0.143 e. The van der Waals surface area contributed by atoms with E-state index in [9.17, 15) is 0 Å². The molecule has 1 spiro atoms. The molecule has 1 aromatic heterocycles. The van der Waals surface area contributed by atoms with E-state index in [-0.39, 0.29) is 5.41 Å². The normalized spacial score (nSPS) is 23.8. The third-order valence-corrected chi connectivity index (χ3v) is 13.6. The maximum absolute atomic E-state index is 6.45. The fourth-order valence-electron chi connectivity index (χ4n) is 11.9. The summed E-state index contributed by atoms with van der Waals surface area (Å²) in [6.07, 6.45) is 7.08. The van der Waals surface area contributed by atoms with Crippen molar-refractivity contribution >= 4 is 49.8 Å². The molecule has 8 aromatic rings. The Morgan fingerprint density at radius 2 is 1.12 bits per heavy atom. The molecule has 0 radical (unpaired) electrons. The van der Waals surface area contributed by atoms with Crippen LogP contribution in [0.4, 0.5) is 17.1 Å². The molecule has 0 unspecified atom stereocenters. The first-order chi connectivity index (χ1) is 25.7. The van der Waals surface area contributed by atoms with Gasteiger partial charge in [-0.1, -0.05) is 115 Å². The molecular formula is C50H39NO. The van der Waals surface area contributed by atoms with Crippen LogP contribution in [0.2, 0.25) is 0 Å². The molecule has 0 amide bonds. The van der Waals surface area contributed by atoms with E-state index in [0.29, 0.717) is 0 Å². The molecule has 7 aromatic carbocycles. The molecule has 5 aliphatic rings. The summed E-state index contributed by atoms with van der Waals surface area (Å²) in [5, 5.41) is 4.81. The summed E-state index contributed by atoms with van der Waals surface area (Å²) in [7, 11) is 0. The van der Waals surface area contributed by atoms with Gasteiger partial charge in [-0.3, -0.25) is 0 Å². The molecular weight excluding hydrogens is 631 g/mol. The Labute approximate surface area is 304 Å². The number of para-hydroxylation sites is 2. The zero-order valence-corrected chi connectivity index (χ0v) is 29.1. The predicted octanol–water partition coefficient (Wildman–Crippen LogP) is 13.6. The van der Waals surface area contributed by atoms with E-state index in [0.717, 1.165) is 62.4 Å². The topological polar surface area (TPSA) is 16.4 Å². The Balaban J connectivity index is 1.03. The first-order valence-corrected chi connectivity index (χ1v) is 19.3. The first kappa shape index (κ1) is 29.0. The average Bonchev–Trinajstić information content (AvgIpc) is 3.71. The summed E-state index contributed by atoms with van der Waals surface area (Å²) < 4.78 is 6.45. The summed E-state index contributed by atoms with van der Waals surface area (Å²) in [5.74, 6) is 3.39. The number of furan rings is 1. The third kappa shape index (κ3) is 3.90. The Hall–Kier alpha value is -5.60. The monoisotopic (exact) mass is 669 g/mol. The lowest BCUT2D eigenvalue weighted by atomic mass is 9.43. The van der Waals surface area contributed by atoms with E-state index in [2.05, 4.69) is 150 Å². The van der Waals surface area contributed by atoms with Crippen LogP contribution in [-0.4, -0.2) is 0 Å². The van der Waals surface area contributed by atoms with Gasteiger partial charge in [0.15, 0.2) is 0 Å². The molecule has 5 aliphatic carbocycles. The number of fused-ring (bicyclic) bond motifs is 7. The maximum Gasteiger partial charge on any atom is 0.143 e. The van der Waals surface area contributed by atoms with Crippen LogP contribution in [0.1, 0.15) is 43.2 Å². The van der Waals surface area contributed by atoms with Crippen LogP contribution in [0, 0.1) is 23.7 Å². The molecule has 0 saturated heterocycles. The number of benzene rings is 7. The lowest BCUT2D eigenvalue weighted by Crippen LogP contribution is -2.55. The number of anilines is 3. The van der Waals surface area contributed by atoms with Gasteiger partial charge >= 0.3 is 0 Å². The summed E-state index contributed by atoms with van der Waals surface area (Å²) >= 11 is 0. The molecule has 4 saturated carbocycles. The lowest BCUT2D eigenvalue weighted by molar-refractivity contribution is -0.0399. The first-order valence-electron chi connectivity index (χ1n) is 19.3. The fraction of sp³-hybridized carbons (Fsp3) is 0.200. The van der Waals surface area contributed by atoms with E-state index in [4.69, 9.17) is 4.42 Å². The van der Waals surface area contributed by atoms with Crippen LogP contribution in [0.25, 0.3) is 55.0 Å². The van der Waals surface area contributed by atoms with Crippen molar-refractivity contribution < 1.29 is 4.42 Å². The van der Waals surface area contributed by atoms with Crippen LogP contribution >= 0.6 is 0 Å². The molecule has 1 heterocycles. The minimum Gasteiger partial charge on any atom is -0.455 e. The average molecular weight is 670 g/mol. The van der Waals surface area contributed by atoms with Crippen LogP contribution in [0.3, 0.4) is 0 Å². The number of nitrogens with zero attached hydrogens (tertiary/aromatic N) is 1. The Morgan fingerprint density at radius 3 is 1.96 bits per heavy atom. The zero-order valence-electron chi connectivity index (χ0n) is 29.1. The van der Waals surface area contributed by atoms with Crippen molar-refractivity contribution in [1.29, 1.82) is 0 Å². The second-order valence-corrected chi connectivity index (χ2v) is 16.1. The van der Waals surface area contributed by atoms with E-state index >= 15 is 0 Å². The fourth-order valence-corrected chi connectivity index (χ4v) is 11.9. The van der Waals surface area contributed by atoms with Gasteiger partial charge in [0.05, 0.1) is 5.69 Å². The summed E-state index contributed by atoms with van der Waals surface area (Å²) in [5.41, 5.74) is 14.0. The standard InChI is InChI=1S/C50H39NO/c1-2-11-39-33(9-1)10-7-17-47(39)51(37-21-19-34(20-22-37)40-14-8-15-43-42-13-4-6-18-48(42)52-49(40)43)38-23-24-46-44(30-38)41-12-3-5-16-45(41)50(46)35-26-31-25-32(28-35)29-36(50)27-31/h1-24,30-32,35-36H,25-29H2. The number of hydrogen-bond donors (Lipinski definition) is 0. The maximum atomic E-state index is 6.45. The van der Waals surface area contributed by atoms with Crippen LogP contribution in [-0.2, 0) is 5.41 Å². The van der Waals surface area contributed by atoms with Gasteiger partial charge in [-0.05, 0) is 125 Å². The van der Waals surface area contributed by atoms with Crippen molar-refractivity contribution in [2.45, 2.75) is 37.5 Å². The van der Waals surface area contributed by atoms with Gasteiger partial charge in [-0.25, -0.2) is 0 Å². The molecule has 4 fully saturated rings. The Morgan fingerprint density at radius 1 is 0.481 bits per heavy atom.